The Bertz CT molecular complexity index is 1490. The molecule has 0 atom stereocenters. The molecule has 11 heteroatoms. The smallest absolute Gasteiger partial charge is 0.408 e. The monoisotopic (exact) mass is 566 g/mol. The molecule has 0 unspecified atom stereocenters. The van der Waals surface area contributed by atoms with Crippen LogP contribution >= 0.6 is 32.5 Å². The Morgan fingerprint density at radius 1 is 1.11 bits per heavy atom. The van der Waals surface area contributed by atoms with E-state index in [9.17, 15) is 4.79 Å². The topological polar surface area (TPSA) is 101 Å². The molecule has 2 heterocycles. The van der Waals surface area contributed by atoms with Gasteiger partial charge >= 0.3 is 6.09 Å². The molecule has 0 aliphatic heterocycles. The van der Waals surface area contributed by atoms with E-state index in [1.165, 1.54) is 20.9 Å². The number of hydrogen-bond donors (Lipinski definition) is 2. The Kier molecular flexibility index (Phi) is 7.47. The lowest BCUT2D eigenvalue weighted by molar-refractivity contribution is 0.0377. The quantitative estimate of drug-likeness (QED) is 0.239. The Morgan fingerprint density at radius 3 is 2.45 bits per heavy atom. The Morgan fingerprint density at radius 2 is 1.84 bits per heavy atom. The second-order valence-electron chi connectivity index (χ2n) is 10.0. The van der Waals surface area contributed by atoms with Crippen LogP contribution in [0.5, 0.6) is 0 Å². The molecule has 1 fully saturated rings. The molecule has 5 rings (SSSR count). The summed E-state index contributed by atoms with van der Waals surface area (Å²) in [5, 5.41) is 6.84. The first-order chi connectivity index (χ1) is 18.2. The number of halogens is 1. The average Bonchev–Trinajstić information content (AvgIpc) is 3.26. The number of aromatic nitrogens is 3. The fraction of sp³-hybridized carbons (Fsp3) is 0.296. The van der Waals surface area contributed by atoms with E-state index in [4.69, 9.17) is 21.3 Å². The number of anilines is 2. The second-order valence-corrected chi connectivity index (χ2v) is 12.2. The van der Waals surface area contributed by atoms with Crippen LogP contribution in [0.25, 0.3) is 11.4 Å². The van der Waals surface area contributed by atoms with Gasteiger partial charge in [-0.15, -0.1) is 0 Å². The molecule has 1 aliphatic rings. The summed E-state index contributed by atoms with van der Waals surface area (Å²) in [5.41, 5.74) is 2.35. The van der Waals surface area contributed by atoms with Gasteiger partial charge in [0.15, 0.2) is 21.5 Å². The van der Waals surface area contributed by atoms with Crippen LogP contribution < -0.4 is 15.3 Å². The lowest BCUT2D eigenvalue weighted by Crippen LogP contribution is -2.52. The molecule has 2 aromatic carbocycles. The van der Waals surface area contributed by atoms with Crippen LogP contribution in [-0.2, 0) is 10.3 Å². The molecule has 2 N–H and O–H groups in total. The standard InChI is InChI=1S/C27H27ClN6O2S2/c1-26(2,3)36-25(35)33-27(14-7-15-27)18-10-12-19(13-11-18)30-23-20(31-24-21(28)34-38-37-24)16-29-22(32-23)17-8-5-4-6-9-17/h4-6,8-13,16H,7,14-15H2,1-3H3,(H,33,35)(H,29,30,32)/b31-24-. The van der Waals surface area contributed by atoms with Crippen molar-refractivity contribution in [2.45, 2.75) is 51.2 Å². The van der Waals surface area contributed by atoms with Crippen molar-refractivity contribution in [3.8, 4) is 11.4 Å². The molecule has 196 valence electrons. The van der Waals surface area contributed by atoms with Gasteiger partial charge in [0.1, 0.15) is 11.3 Å². The summed E-state index contributed by atoms with van der Waals surface area (Å²) in [6, 6.07) is 17.8. The average molecular weight is 567 g/mol. The lowest BCUT2D eigenvalue weighted by atomic mass is 9.72. The van der Waals surface area contributed by atoms with Gasteiger partial charge in [0.25, 0.3) is 0 Å². The van der Waals surface area contributed by atoms with Crippen LogP contribution in [0.1, 0.15) is 45.6 Å². The summed E-state index contributed by atoms with van der Waals surface area (Å²) in [6.07, 6.45) is 4.06. The summed E-state index contributed by atoms with van der Waals surface area (Å²) in [7, 11) is 2.67. The number of nitrogens with zero attached hydrogens (tertiary/aromatic N) is 4. The Hall–Kier alpha value is -3.34. The minimum Gasteiger partial charge on any atom is -0.444 e. The lowest BCUT2D eigenvalue weighted by Gasteiger charge is -2.43. The third-order valence-corrected chi connectivity index (χ3v) is 8.25. The number of rotatable bonds is 6. The molecule has 0 radical (unpaired) electrons. The maximum atomic E-state index is 12.5. The Labute approximate surface area is 233 Å². The molecular weight excluding hydrogens is 540 g/mol. The van der Waals surface area contributed by atoms with Crippen molar-refractivity contribution in [3.63, 3.8) is 0 Å². The molecule has 4 aromatic rings. The number of hydrogen-bond acceptors (Lipinski definition) is 9. The van der Waals surface area contributed by atoms with Crippen molar-refractivity contribution in [3.05, 3.63) is 76.2 Å². The summed E-state index contributed by atoms with van der Waals surface area (Å²) < 4.78 is 10.2. The van der Waals surface area contributed by atoms with E-state index in [1.54, 1.807) is 6.20 Å². The van der Waals surface area contributed by atoms with Gasteiger partial charge in [0, 0.05) is 21.8 Å². The summed E-state index contributed by atoms with van der Waals surface area (Å²) in [5.74, 6) is 1.13. The number of amides is 1. The summed E-state index contributed by atoms with van der Waals surface area (Å²) >= 11 is 6.20. The molecule has 1 amide bonds. The van der Waals surface area contributed by atoms with Gasteiger partial charge in [-0.25, -0.2) is 19.8 Å². The number of carbonyl (C=O) groups excluding carboxylic acids is 1. The van der Waals surface area contributed by atoms with Gasteiger partial charge in [-0.3, -0.25) is 0 Å². The molecule has 38 heavy (non-hydrogen) atoms. The van der Waals surface area contributed by atoms with Crippen molar-refractivity contribution in [2.75, 3.05) is 5.32 Å². The first-order valence-electron chi connectivity index (χ1n) is 12.2. The zero-order valence-electron chi connectivity index (χ0n) is 21.2. The molecule has 0 spiro atoms. The first kappa shape index (κ1) is 26.3. The predicted molar refractivity (Wildman–Crippen MR) is 152 cm³/mol. The van der Waals surface area contributed by atoms with E-state index in [2.05, 4.69) is 25.0 Å². The molecule has 1 saturated carbocycles. The van der Waals surface area contributed by atoms with Gasteiger partial charge in [-0.2, -0.15) is 4.37 Å². The highest BCUT2D eigenvalue weighted by Gasteiger charge is 2.41. The minimum atomic E-state index is -0.550. The van der Waals surface area contributed by atoms with E-state index < -0.39 is 17.2 Å². The molecular formula is C27H27ClN6O2S2. The van der Waals surface area contributed by atoms with Crippen molar-refractivity contribution in [2.24, 2.45) is 4.99 Å². The molecule has 0 bridgehead atoms. The minimum absolute atomic E-state index is 0.353. The van der Waals surface area contributed by atoms with E-state index in [0.29, 0.717) is 27.2 Å². The number of carbonyl (C=O) groups is 1. The largest absolute Gasteiger partial charge is 0.444 e. The normalized spacial score (nSPS) is 15.0. The zero-order chi connectivity index (χ0) is 26.8. The van der Waals surface area contributed by atoms with E-state index >= 15 is 0 Å². The third kappa shape index (κ3) is 6.03. The van der Waals surface area contributed by atoms with Crippen molar-refractivity contribution in [1.82, 2.24) is 19.7 Å². The van der Waals surface area contributed by atoms with Crippen molar-refractivity contribution >= 4 is 55.8 Å². The van der Waals surface area contributed by atoms with Crippen LogP contribution in [0.4, 0.5) is 22.0 Å². The number of alkyl carbamates (subject to hydrolysis) is 1. The van der Waals surface area contributed by atoms with Crippen LogP contribution in [-0.4, -0.2) is 26.0 Å². The van der Waals surface area contributed by atoms with Crippen molar-refractivity contribution in [1.29, 1.82) is 0 Å². The number of benzene rings is 2. The molecule has 2 aromatic heterocycles. The van der Waals surface area contributed by atoms with Crippen LogP contribution in [0.15, 0.2) is 65.8 Å². The number of ether oxygens (including phenoxy) is 1. The first-order valence-corrected chi connectivity index (χ1v) is 14.7. The van der Waals surface area contributed by atoms with Gasteiger partial charge < -0.3 is 15.4 Å². The highest BCUT2D eigenvalue weighted by Crippen LogP contribution is 2.42. The maximum absolute atomic E-state index is 12.5. The second kappa shape index (κ2) is 10.8. The third-order valence-electron chi connectivity index (χ3n) is 6.08. The summed E-state index contributed by atoms with van der Waals surface area (Å²) in [6.45, 7) is 5.59. The fourth-order valence-corrected chi connectivity index (χ4v) is 6.12. The highest BCUT2D eigenvalue weighted by molar-refractivity contribution is 7.66. The number of nitrogens with one attached hydrogen (secondary N) is 2. The van der Waals surface area contributed by atoms with E-state index in [0.717, 1.165) is 36.1 Å². The molecule has 0 saturated heterocycles. The van der Waals surface area contributed by atoms with Gasteiger partial charge in [-0.1, -0.05) is 54.1 Å². The van der Waals surface area contributed by atoms with Crippen molar-refractivity contribution < 1.29 is 9.53 Å². The van der Waals surface area contributed by atoms with Gasteiger partial charge in [0.2, 0.25) is 0 Å². The zero-order valence-corrected chi connectivity index (χ0v) is 23.6. The van der Waals surface area contributed by atoms with Crippen LogP contribution in [0.2, 0.25) is 5.15 Å². The highest BCUT2D eigenvalue weighted by atomic mass is 35.5. The summed E-state index contributed by atoms with van der Waals surface area (Å²) in [4.78, 5) is 26.5. The van der Waals surface area contributed by atoms with Gasteiger partial charge in [-0.05, 0) is 68.1 Å². The van der Waals surface area contributed by atoms with E-state index in [1.807, 2.05) is 75.4 Å². The fourth-order valence-electron chi connectivity index (χ4n) is 4.13. The predicted octanol–water partition coefficient (Wildman–Crippen LogP) is 7.19. The van der Waals surface area contributed by atoms with Gasteiger partial charge in [0.05, 0.1) is 11.7 Å². The SMILES string of the molecule is CC(C)(C)OC(=O)NC1(c2ccc(Nc3nc(-c4ccccc4)ncc3/N=c3\ssnc3Cl)cc2)CCC1. The Balaban J connectivity index is 1.43. The van der Waals surface area contributed by atoms with E-state index in [-0.39, 0.29) is 0 Å². The maximum Gasteiger partial charge on any atom is 0.408 e. The van der Waals surface area contributed by atoms with Crippen LogP contribution in [0.3, 0.4) is 0 Å². The molecule has 8 nitrogen and oxygen atoms in total. The van der Waals surface area contributed by atoms with Crippen LogP contribution in [0, 0.1) is 0 Å². The molecule has 1 aliphatic carbocycles.